The van der Waals surface area contributed by atoms with Gasteiger partial charge in [0.05, 0.1) is 117 Å². The molecule has 0 unspecified atom stereocenters. The van der Waals surface area contributed by atoms with Crippen LogP contribution in [-0.4, -0.2) is 301 Å². The van der Waals surface area contributed by atoms with Crippen LogP contribution in [0, 0.1) is 59.6 Å². The molecular formula is C120H240N8O18. The predicted molar refractivity (Wildman–Crippen MR) is 611 cm³/mol. The summed E-state index contributed by atoms with van der Waals surface area (Å²) in [7, 11) is 1.80. The van der Waals surface area contributed by atoms with Gasteiger partial charge in [0, 0.05) is 168 Å². The largest absolute Gasteiger partial charge is 0.381 e. The lowest BCUT2D eigenvalue weighted by Crippen LogP contribution is -2.50. The molecule has 146 heavy (non-hydrogen) atoms. The number of rotatable bonds is 48. The second kappa shape index (κ2) is 61.5. The normalized spacial score (nSPS) is 13.9. The van der Waals surface area contributed by atoms with Crippen LogP contribution in [0.15, 0.2) is 0 Å². The number of carbonyl (C=O) groups excluding carboxylic acids is 10. The Morgan fingerprint density at radius 1 is 0.240 bits per heavy atom. The minimum atomic E-state index is -1.94. The molecule has 0 aromatic rings. The van der Waals surface area contributed by atoms with Crippen molar-refractivity contribution in [2.75, 3.05) is 145 Å². The van der Waals surface area contributed by atoms with E-state index in [2.05, 4.69) is 172 Å². The standard InChI is InChI=1S/C34H63N3O5.C21H44O4.C18H42N4.C18H32O4.C15H32O3.C14H27NO2/c1-30(2,3)25(38)20-35(16-18-36(21-26(39)31(4,5)6)22-27(40)32(7,8)9)17-19-37(23-28(41)33(10,11)12)24-29(42)34(13,14)15;1-17(2,3)22-13-21(14-23-18(4,5)6,15-24-19(7,8)9)16-25-20(10,11)12;1-16(2,3)19-10-13-22(14-11-20-17(4,5)6)15-12-21-18(7,8)9;1-15(2,3)12(19)10-18(22,14(21)17(7,8)9)11-13(20)16(4,5)6;1-13(2,3)16-10-12(18-15(7,8)9)11-17-14(4,5)6;1-13(2,3)11(16)8-10(15-7)9-12(17)14(4,5)6/h16-24H2,1-15H3;13-16H2,1-12H3;19-21H,10-15H2,1-9H3;22H,10-11H2,1-9H3;12H,10-11H2,1-9H3;10,15H,8-9H2,1-7H3. The summed E-state index contributed by atoms with van der Waals surface area (Å²) in [5.41, 5.74) is -8.63. The minimum Gasteiger partial charge on any atom is -0.381 e. The highest BCUT2D eigenvalue weighted by atomic mass is 16.6. The maximum absolute atomic E-state index is 13.1. The molecule has 0 bridgehead atoms. The predicted octanol–water partition coefficient (Wildman–Crippen LogP) is 22.4. The SMILES string of the molecule is CC(C)(C)C(=O)CC(O)(CC(=O)C(C)(C)C)C(=O)C(C)(C)C.CC(C)(C)C(=O)CN(CCN(CC(=O)C(C)(C)C)CC(=O)C(C)(C)C)CCN(CC(=O)C(C)(C)C)CC(=O)C(C)(C)C.CC(C)(C)NCCN(CCNC(C)(C)C)CCNC(C)(C)C.CC(C)(C)OCC(COC(C)(C)C)(COC(C)(C)C)COC(C)(C)C.CC(C)(C)OCC(COC(C)(C)C)OC(C)(C)C.CNC(CC(=O)C(C)(C)C)CC(=O)C(C)(C)C. The molecule has 0 saturated heterocycles. The molecule has 0 radical (unpaired) electrons. The van der Waals surface area contributed by atoms with Gasteiger partial charge in [0.1, 0.15) is 34.8 Å². The van der Waals surface area contributed by atoms with Gasteiger partial charge in [-0.1, -0.05) is 208 Å². The molecule has 0 fully saturated rings. The Bertz CT molecular complexity index is 3480. The summed E-state index contributed by atoms with van der Waals surface area (Å²) < 4.78 is 42.2. The highest BCUT2D eigenvalue weighted by Gasteiger charge is 2.49. The Kier molecular flexibility index (Phi) is 64.4. The lowest BCUT2D eigenvalue weighted by molar-refractivity contribution is -0.181. The van der Waals surface area contributed by atoms with E-state index in [0.717, 1.165) is 39.3 Å². The van der Waals surface area contributed by atoms with Crippen LogP contribution in [0.2, 0.25) is 0 Å². The first kappa shape index (κ1) is 153. The van der Waals surface area contributed by atoms with Crippen molar-refractivity contribution in [3.63, 3.8) is 0 Å². The van der Waals surface area contributed by atoms with Gasteiger partial charge in [-0.15, -0.1) is 0 Å². The monoisotopic (exact) mass is 2080 g/mol. The summed E-state index contributed by atoms with van der Waals surface area (Å²) in [4.78, 5) is 134. The number of nitrogens with one attached hydrogen (secondary N) is 4. The molecule has 0 spiro atoms. The lowest BCUT2D eigenvalue weighted by Gasteiger charge is -2.40. The smallest absolute Gasteiger partial charge is 0.170 e. The second-order valence-electron chi connectivity index (χ2n) is 61.3. The fraction of sp³-hybridized carbons (Fsp3) is 0.917. The quantitative estimate of drug-likeness (QED) is 0.0378. The van der Waals surface area contributed by atoms with E-state index in [0.29, 0.717) is 78.7 Å². The first-order valence-electron chi connectivity index (χ1n) is 54.2. The molecule has 0 aliphatic carbocycles. The van der Waals surface area contributed by atoms with Crippen LogP contribution >= 0.6 is 0 Å². The Balaban J connectivity index is -0.000000416. The van der Waals surface area contributed by atoms with E-state index in [1.54, 1.807) is 69.4 Å². The van der Waals surface area contributed by atoms with Gasteiger partial charge in [-0.25, -0.2) is 0 Å². The Labute approximate surface area is 899 Å². The van der Waals surface area contributed by atoms with Crippen molar-refractivity contribution in [2.24, 2.45) is 59.6 Å². The van der Waals surface area contributed by atoms with Crippen LogP contribution in [0.3, 0.4) is 0 Å². The topological polar surface area (TPSA) is 317 Å². The van der Waals surface area contributed by atoms with Crippen molar-refractivity contribution in [2.45, 2.75) is 515 Å². The Morgan fingerprint density at radius 2 is 0.438 bits per heavy atom. The molecule has 0 saturated carbocycles. The van der Waals surface area contributed by atoms with Crippen LogP contribution in [0.1, 0.15) is 441 Å². The zero-order valence-electron chi connectivity index (χ0n) is 107. The van der Waals surface area contributed by atoms with E-state index >= 15 is 0 Å². The van der Waals surface area contributed by atoms with Crippen LogP contribution in [0.5, 0.6) is 0 Å². The van der Waals surface area contributed by atoms with Gasteiger partial charge in [0.2, 0.25) is 0 Å². The summed E-state index contributed by atoms with van der Waals surface area (Å²) in [5, 5.41) is 24.7. The van der Waals surface area contributed by atoms with Crippen molar-refractivity contribution >= 4 is 57.8 Å². The molecule has 5 N–H and O–H groups in total. The van der Waals surface area contributed by atoms with Gasteiger partial charge in [-0.2, -0.15) is 0 Å². The third kappa shape index (κ3) is 85.4. The highest BCUT2D eigenvalue weighted by molar-refractivity contribution is 6.01. The average Bonchev–Trinajstić information content (AvgIpc) is 0.786. The fourth-order valence-electron chi connectivity index (χ4n) is 11.9. The highest BCUT2D eigenvalue weighted by Crippen LogP contribution is 2.36. The molecule has 0 heterocycles. The fourth-order valence-corrected chi connectivity index (χ4v) is 11.9. The molecule has 0 aromatic heterocycles. The number of hydrogen-bond donors (Lipinski definition) is 5. The molecule has 0 atom stereocenters. The Hall–Kier alpha value is -3.94. The summed E-state index contributed by atoms with van der Waals surface area (Å²) >= 11 is 0. The molecule has 0 aliphatic rings. The van der Waals surface area contributed by atoms with E-state index < -0.39 is 54.7 Å². The number of nitrogens with zero attached hydrogens (tertiary/aromatic N) is 4. The van der Waals surface area contributed by atoms with Crippen molar-refractivity contribution < 1.29 is 86.2 Å². The molecule has 26 nitrogen and oxygen atoms in total. The third-order valence-electron chi connectivity index (χ3n) is 22.5. The van der Waals surface area contributed by atoms with Crippen LogP contribution < -0.4 is 21.3 Å². The van der Waals surface area contributed by atoms with E-state index in [1.165, 1.54) is 0 Å². The summed E-state index contributed by atoms with van der Waals surface area (Å²) in [5.74, 6) is -0.254. The van der Waals surface area contributed by atoms with Crippen molar-refractivity contribution in [1.29, 1.82) is 0 Å². The number of Topliss-reactive ketones (excluding diaryl/α,β-unsaturated/α-hetero) is 10. The minimum absolute atomic E-state index is 0.0385. The van der Waals surface area contributed by atoms with Crippen LogP contribution in [0.25, 0.3) is 0 Å². The van der Waals surface area contributed by atoms with E-state index in [4.69, 9.17) is 33.2 Å². The van der Waals surface area contributed by atoms with Gasteiger partial charge in [-0.3, -0.25) is 67.5 Å². The molecule has 0 amide bonds. The molecule has 0 aromatic carbocycles. The van der Waals surface area contributed by atoms with Gasteiger partial charge < -0.3 is 59.5 Å². The third-order valence-corrected chi connectivity index (χ3v) is 22.5. The maximum Gasteiger partial charge on any atom is 0.170 e. The Morgan fingerprint density at radius 3 is 0.610 bits per heavy atom. The van der Waals surface area contributed by atoms with Crippen molar-refractivity contribution in [3.8, 4) is 0 Å². The first-order valence-corrected chi connectivity index (χ1v) is 54.2. The molecule has 26 heteroatoms. The zero-order chi connectivity index (χ0) is 118. The van der Waals surface area contributed by atoms with Crippen molar-refractivity contribution in [1.82, 2.24) is 40.9 Å². The van der Waals surface area contributed by atoms with Crippen molar-refractivity contribution in [3.05, 3.63) is 0 Å². The maximum atomic E-state index is 13.1. The molecule has 0 aliphatic heterocycles. The summed E-state index contributed by atoms with van der Waals surface area (Å²) in [6, 6.07) is -0.0477. The summed E-state index contributed by atoms with van der Waals surface area (Å²) in [6.45, 7) is 131. The average molecular weight is 2080 g/mol. The van der Waals surface area contributed by atoms with Gasteiger partial charge in [0.15, 0.2) is 34.7 Å². The number of carbonyl (C=O) groups is 10. The zero-order valence-corrected chi connectivity index (χ0v) is 107. The summed E-state index contributed by atoms with van der Waals surface area (Å²) in [6.07, 6.45) is 0.149. The van der Waals surface area contributed by atoms with Gasteiger partial charge in [0.25, 0.3) is 0 Å². The molecule has 868 valence electrons. The van der Waals surface area contributed by atoms with Gasteiger partial charge in [-0.05, 0) is 215 Å². The number of aliphatic hydroxyl groups is 1. The molecular weight excluding hydrogens is 1840 g/mol. The number of ether oxygens (including phenoxy) is 7. The number of hydrogen-bond acceptors (Lipinski definition) is 26. The van der Waals surface area contributed by atoms with Gasteiger partial charge >= 0.3 is 0 Å². The van der Waals surface area contributed by atoms with E-state index in [-0.39, 0.29) is 182 Å². The second-order valence-corrected chi connectivity index (χ2v) is 61.3. The number of ketones is 10. The van der Waals surface area contributed by atoms with E-state index in [9.17, 15) is 53.1 Å². The lowest BCUT2D eigenvalue weighted by atomic mass is 9.71. The van der Waals surface area contributed by atoms with Crippen LogP contribution in [0.4, 0.5) is 0 Å². The first-order chi connectivity index (χ1) is 63.8. The van der Waals surface area contributed by atoms with E-state index in [1.807, 2.05) is 222 Å². The molecule has 0 rings (SSSR count). The van der Waals surface area contributed by atoms with Crippen LogP contribution in [-0.2, 0) is 81.1 Å².